The van der Waals surface area contributed by atoms with E-state index in [0.29, 0.717) is 10.1 Å². The molecule has 1 N–H and O–H groups in total. The van der Waals surface area contributed by atoms with Crippen molar-refractivity contribution in [3.8, 4) is 0 Å². The van der Waals surface area contributed by atoms with Gasteiger partial charge in [-0.15, -0.1) is 0 Å². The molecule has 0 unspecified atom stereocenters. The van der Waals surface area contributed by atoms with Crippen LogP contribution in [0.3, 0.4) is 0 Å². The molecule has 1 fully saturated rings. The van der Waals surface area contributed by atoms with Gasteiger partial charge in [-0.2, -0.15) is 0 Å². The number of carbonyl (C=O) groups is 1. The summed E-state index contributed by atoms with van der Waals surface area (Å²) in [4.78, 5) is 12.4. The average Bonchev–Trinajstić information content (AvgIpc) is 3.21. The molecular weight excluding hydrogens is 368 g/mol. The van der Waals surface area contributed by atoms with Gasteiger partial charge in [-0.05, 0) is 65.6 Å². The van der Waals surface area contributed by atoms with Crippen LogP contribution in [0.25, 0.3) is 0 Å². The topological polar surface area (TPSA) is 29.1 Å². The first-order chi connectivity index (χ1) is 9.49. The van der Waals surface area contributed by atoms with Crippen molar-refractivity contribution < 1.29 is 9.18 Å². The summed E-state index contributed by atoms with van der Waals surface area (Å²) in [5.74, 6) is 0.421. The number of rotatable bonds is 7. The second kappa shape index (κ2) is 6.98. The third kappa shape index (κ3) is 4.25. The van der Waals surface area contributed by atoms with Gasteiger partial charge in [0, 0.05) is 16.0 Å². The maximum Gasteiger partial charge on any atom is 0.144 e. The van der Waals surface area contributed by atoms with Gasteiger partial charge in [0.15, 0.2) is 0 Å². The Morgan fingerprint density at radius 1 is 1.45 bits per heavy atom. The van der Waals surface area contributed by atoms with Crippen LogP contribution in [0.15, 0.2) is 18.2 Å². The summed E-state index contributed by atoms with van der Waals surface area (Å²) >= 11 is 1.97. The average molecular weight is 389 g/mol. The SMILES string of the molecule is CC(C)C(=O)[C@H](CNCC1CC1)c1ccc(I)c(F)c1. The molecule has 0 aliphatic heterocycles. The van der Waals surface area contributed by atoms with E-state index in [9.17, 15) is 9.18 Å². The number of halogens is 2. The molecule has 0 heterocycles. The van der Waals surface area contributed by atoms with Crippen LogP contribution in [-0.4, -0.2) is 18.9 Å². The van der Waals surface area contributed by atoms with Gasteiger partial charge in [0.2, 0.25) is 0 Å². The van der Waals surface area contributed by atoms with Gasteiger partial charge in [0.1, 0.15) is 11.6 Å². The van der Waals surface area contributed by atoms with Crippen LogP contribution in [0.1, 0.15) is 38.2 Å². The highest BCUT2D eigenvalue weighted by Crippen LogP contribution is 2.28. The highest BCUT2D eigenvalue weighted by atomic mass is 127. The normalized spacial score (nSPS) is 16.4. The monoisotopic (exact) mass is 389 g/mol. The first-order valence-corrected chi connectivity index (χ1v) is 8.26. The zero-order valence-corrected chi connectivity index (χ0v) is 14.1. The molecular formula is C16H21FINO. The molecule has 0 spiro atoms. The van der Waals surface area contributed by atoms with Crippen molar-refractivity contribution in [2.75, 3.05) is 13.1 Å². The minimum absolute atomic E-state index is 0.0370. The van der Waals surface area contributed by atoms with Crippen molar-refractivity contribution in [1.82, 2.24) is 5.32 Å². The zero-order chi connectivity index (χ0) is 14.7. The molecule has 0 amide bonds. The lowest BCUT2D eigenvalue weighted by Gasteiger charge is -2.19. The number of Topliss-reactive ketones (excluding diaryl/α,β-unsaturated/α-hetero) is 1. The van der Waals surface area contributed by atoms with E-state index in [0.717, 1.165) is 18.0 Å². The van der Waals surface area contributed by atoms with E-state index in [1.54, 1.807) is 6.07 Å². The number of nitrogens with one attached hydrogen (secondary N) is 1. The number of hydrogen-bond acceptors (Lipinski definition) is 2. The van der Waals surface area contributed by atoms with Crippen LogP contribution in [0.2, 0.25) is 0 Å². The lowest BCUT2D eigenvalue weighted by molar-refractivity contribution is -0.123. The zero-order valence-electron chi connectivity index (χ0n) is 12.0. The van der Waals surface area contributed by atoms with Gasteiger partial charge in [0.05, 0.1) is 5.92 Å². The summed E-state index contributed by atoms with van der Waals surface area (Å²) in [5, 5.41) is 3.37. The highest BCUT2D eigenvalue weighted by molar-refractivity contribution is 14.1. The van der Waals surface area contributed by atoms with Crippen LogP contribution in [0.4, 0.5) is 4.39 Å². The van der Waals surface area contributed by atoms with E-state index >= 15 is 0 Å². The van der Waals surface area contributed by atoms with Crippen molar-refractivity contribution in [3.05, 3.63) is 33.1 Å². The Morgan fingerprint density at radius 2 is 2.15 bits per heavy atom. The van der Waals surface area contributed by atoms with Gasteiger partial charge in [0.25, 0.3) is 0 Å². The Balaban J connectivity index is 2.10. The number of carbonyl (C=O) groups excluding carboxylic acids is 1. The lowest BCUT2D eigenvalue weighted by Crippen LogP contribution is -2.30. The molecule has 20 heavy (non-hydrogen) atoms. The van der Waals surface area contributed by atoms with E-state index in [4.69, 9.17) is 0 Å². The Labute approximate surface area is 133 Å². The van der Waals surface area contributed by atoms with Crippen molar-refractivity contribution in [3.63, 3.8) is 0 Å². The lowest BCUT2D eigenvalue weighted by atomic mass is 9.88. The summed E-state index contributed by atoms with van der Waals surface area (Å²) in [6, 6.07) is 5.12. The summed E-state index contributed by atoms with van der Waals surface area (Å²) in [7, 11) is 0. The Kier molecular flexibility index (Phi) is 5.55. The van der Waals surface area contributed by atoms with E-state index in [2.05, 4.69) is 5.32 Å². The standard InChI is InChI=1S/C16H21FINO/c1-10(2)16(20)13(9-19-8-11-3-4-11)12-5-6-15(18)14(17)7-12/h5-7,10-11,13,19H,3-4,8-9H2,1-2H3/t13-/m1/s1. The Hall–Kier alpha value is -0.490. The predicted octanol–water partition coefficient (Wildman–Crippen LogP) is 3.74. The van der Waals surface area contributed by atoms with Crippen molar-refractivity contribution in [1.29, 1.82) is 0 Å². The minimum atomic E-state index is -0.250. The molecule has 2 rings (SSSR count). The number of benzene rings is 1. The van der Waals surface area contributed by atoms with Gasteiger partial charge in [-0.25, -0.2) is 4.39 Å². The van der Waals surface area contributed by atoms with Crippen LogP contribution in [0.5, 0.6) is 0 Å². The quantitative estimate of drug-likeness (QED) is 0.720. The van der Waals surface area contributed by atoms with E-state index in [1.807, 2.05) is 42.5 Å². The maximum atomic E-state index is 13.7. The maximum absolute atomic E-state index is 13.7. The second-order valence-electron chi connectivity index (χ2n) is 5.88. The summed E-state index contributed by atoms with van der Waals surface area (Å²) < 4.78 is 14.3. The first kappa shape index (κ1) is 15.9. The minimum Gasteiger partial charge on any atom is -0.315 e. The first-order valence-electron chi connectivity index (χ1n) is 7.18. The van der Waals surface area contributed by atoms with E-state index in [-0.39, 0.29) is 23.4 Å². The molecule has 110 valence electrons. The largest absolute Gasteiger partial charge is 0.315 e. The van der Waals surface area contributed by atoms with Crippen molar-refractivity contribution >= 4 is 28.4 Å². The summed E-state index contributed by atoms with van der Waals surface area (Å²) in [6.07, 6.45) is 2.57. The highest BCUT2D eigenvalue weighted by Gasteiger charge is 2.25. The number of ketones is 1. The van der Waals surface area contributed by atoms with E-state index < -0.39 is 0 Å². The van der Waals surface area contributed by atoms with Crippen LogP contribution in [-0.2, 0) is 4.79 Å². The van der Waals surface area contributed by atoms with Gasteiger partial charge in [-0.3, -0.25) is 4.79 Å². The molecule has 0 bridgehead atoms. The summed E-state index contributed by atoms with van der Waals surface area (Å²) in [5.41, 5.74) is 0.782. The molecule has 1 aliphatic rings. The van der Waals surface area contributed by atoms with Crippen LogP contribution >= 0.6 is 22.6 Å². The Morgan fingerprint density at radius 3 is 2.70 bits per heavy atom. The molecule has 1 aliphatic carbocycles. The smallest absolute Gasteiger partial charge is 0.144 e. The van der Waals surface area contributed by atoms with Gasteiger partial charge >= 0.3 is 0 Å². The Bertz CT molecular complexity index is 485. The fourth-order valence-electron chi connectivity index (χ4n) is 2.27. The summed E-state index contributed by atoms with van der Waals surface area (Å²) in [6.45, 7) is 5.38. The third-order valence-corrected chi connectivity index (χ3v) is 4.61. The number of hydrogen-bond donors (Lipinski definition) is 1. The molecule has 0 radical (unpaired) electrons. The molecule has 1 atom stereocenters. The van der Waals surface area contributed by atoms with Crippen molar-refractivity contribution in [2.45, 2.75) is 32.6 Å². The second-order valence-corrected chi connectivity index (χ2v) is 7.05. The molecule has 2 nitrogen and oxygen atoms in total. The van der Waals surface area contributed by atoms with Crippen LogP contribution < -0.4 is 5.32 Å². The molecule has 0 saturated heterocycles. The fourth-order valence-corrected chi connectivity index (χ4v) is 2.60. The third-order valence-electron chi connectivity index (χ3n) is 3.74. The molecule has 4 heteroatoms. The van der Waals surface area contributed by atoms with Crippen LogP contribution in [0, 0.1) is 21.2 Å². The van der Waals surface area contributed by atoms with E-state index in [1.165, 1.54) is 18.9 Å². The molecule has 1 aromatic rings. The molecule has 1 aromatic carbocycles. The van der Waals surface area contributed by atoms with Crippen molar-refractivity contribution in [2.24, 2.45) is 11.8 Å². The molecule has 1 saturated carbocycles. The van der Waals surface area contributed by atoms with Gasteiger partial charge < -0.3 is 5.32 Å². The predicted molar refractivity (Wildman–Crippen MR) is 87.3 cm³/mol. The van der Waals surface area contributed by atoms with Gasteiger partial charge in [-0.1, -0.05) is 19.9 Å². The fraction of sp³-hybridized carbons (Fsp3) is 0.562. The molecule has 0 aromatic heterocycles.